The van der Waals surface area contributed by atoms with Gasteiger partial charge in [-0.25, -0.2) is 0 Å². The van der Waals surface area contributed by atoms with Gasteiger partial charge in [0.1, 0.15) is 0 Å². The lowest BCUT2D eigenvalue weighted by molar-refractivity contribution is 0.378. The standard InChI is InChI=1S/C10H16ClN5O/c1-6(12)7-3-4-16(5-7)9-13-8(11)14-10(15-9)17-2/h6-7H,3-5,12H2,1-2H3. The first kappa shape index (κ1) is 12.3. The van der Waals surface area contributed by atoms with Gasteiger partial charge in [-0.1, -0.05) is 0 Å². The summed E-state index contributed by atoms with van der Waals surface area (Å²) in [4.78, 5) is 14.2. The summed E-state index contributed by atoms with van der Waals surface area (Å²) in [6.45, 7) is 3.76. The summed E-state index contributed by atoms with van der Waals surface area (Å²) in [6, 6.07) is 0.420. The molecule has 1 aromatic rings. The van der Waals surface area contributed by atoms with E-state index in [0.717, 1.165) is 19.5 Å². The minimum Gasteiger partial charge on any atom is -0.467 e. The first-order chi connectivity index (χ1) is 8.10. The number of ether oxygens (including phenoxy) is 1. The summed E-state index contributed by atoms with van der Waals surface area (Å²) in [5, 5.41) is 0.149. The zero-order valence-electron chi connectivity index (χ0n) is 9.93. The molecule has 17 heavy (non-hydrogen) atoms. The number of halogens is 1. The molecular formula is C10H16ClN5O. The lowest BCUT2D eigenvalue weighted by Crippen LogP contribution is -2.30. The van der Waals surface area contributed by atoms with Crippen LogP contribution in [0.2, 0.25) is 5.28 Å². The molecule has 1 aliphatic rings. The average molecular weight is 258 g/mol. The van der Waals surface area contributed by atoms with Crippen LogP contribution in [0.1, 0.15) is 13.3 Å². The van der Waals surface area contributed by atoms with Gasteiger partial charge >= 0.3 is 6.01 Å². The molecule has 1 aromatic heterocycles. The molecule has 6 nitrogen and oxygen atoms in total. The minimum atomic E-state index is 0.149. The largest absolute Gasteiger partial charge is 0.467 e. The van der Waals surface area contributed by atoms with E-state index in [0.29, 0.717) is 11.9 Å². The number of rotatable bonds is 3. The molecule has 0 aromatic carbocycles. The Labute approximate surface area is 105 Å². The number of nitrogens with two attached hydrogens (primary N) is 1. The topological polar surface area (TPSA) is 77.2 Å². The molecule has 94 valence electrons. The van der Waals surface area contributed by atoms with Crippen LogP contribution in [0.25, 0.3) is 0 Å². The highest BCUT2D eigenvalue weighted by molar-refractivity contribution is 6.28. The quantitative estimate of drug-likeness (QED) is 0.859. The van der Waals surface area contributed by atoms with Crippen LogP contribution in [0.3, 0.4) is 0 Å². The molecule has 2 rings (SSSR count). The van der Waals surface area contributed by atoms with Crippen LogP contribution >= 0.6 is 11.6 Å². The van der Waals surface area contributed by atoms with Crippen LogP contribution in [-0.4, -0.2) is 41.2 Å². The van der Waals surface area contributed by atoms with Crippen molar-refractivity contribution >= 4 is 17.5 Å². The number of methoxy groups -OCH3 is 1. The Bertz CT molecular complexity index is 400. The fraction of sp³-hybridized carbons (Fsp3) is 0.700. The van der Waals surface area contributed by atoms with Gasteiger partial charge in [-0.2, -0.15) is 15.0 Å². The number of anilines is 1. The molecular weight excluding hydrogens is 242 g/mol. The molecule has 0 saturated carbocycles. The van der Waals surface area contributed by atoms with Crippen molar-refractivity contribution < 1.29 is 4.74 Å². The Morgan fingerprint density at radius 2 is 2.24 bits per heavy atom. The molecule has 0 amide bonds. The maximum atomic E-state index is 5.89. The summed E-state index contributed by atoms with van der Waals surface area (Å²) in [5.41, 5.74) is 5.89. The van der Waals surface area contributed by atoms with Crippen molar-refractivity contribution in [3.05, 3.63) is 5.28 Å². The van der Waals surface area contributed by atoms with Gasteiger partial charge in [0, 0.05) is 19.1 Å². The molecule has 1 saturated heterocycles. The molecule has 2 unspecified atom stereocenters. The Morgan fingerprint density at radius 1 is 1.47 bits per heavy atom. The molecule has 1 fully saturated rings. The van der Waals surface area contributed by atoms with E-state index in [4.69, 9.17) is 22.1 Å². The first-order valence-electron chi connectivity index (χ1n) is 5.56. The number of hydrogen-bond donors (Lipinski definition) is 1. The monoisotopic (exact) mass is 257 g/mol. The Hall–Kier alpha value is -1.14. The Balaban J connectivity index is 2.15. The third-order valence-corrected chi connectivity index (χ3v) is 3.18. The Kier molecular flexibility index (Phi) is 3.63. The third kappa shape index (κ3) is 2.76. The maximum absolute atomic E-state index is 5.89. The van der Waals surface area contributed by atoms with Gasteiger partial charge in [0.2, 0.25) is 11.2 Å². The molecule has 2 atom stereocenters. The van der Waals surface area contributed by atoms with E-state index < -0.39 is 0 Å². The van der Waals surface area contributed by atoms with E-state index in [1.165, 1.54) is 7.11 Å². The van der Waals surface area contributed by atoms with Crippen LogP contribution in [-0.2, 0) is 0 Å². The van der Waals surface area contributed by atoms with Crippen LogP contribution in [0.4, 0.5) is 5.95 Å². The van der Waals surface area contributed by atoms with E-state index >= 15 is 0 Å². The number of nitrogens with zero attached hydrogens (tertiary/aromatic N) is 4. The van der Waals surface area contributed by atoms with Gasteiger partial charge in [0.15, 0.2) is 0 Å². The highest BCUT2D eigenvalue weighted by Crippen LogP contribution is 2.24. The van der Waals surface area contributed by atoms with Crippen molar-refractivity contribution in [1.29, 1.82) is 0 Å². The lowest BCUT2D eigenvalue weighted by Gasteiger charge is -2.18. The second kappa shape index (κ2) is 5.01. The van der Waals surface area contributed by atoms with Crippen molar-refractivity contribution in [2.75, 3.05) is 25.1 Å². The second-order valence-corrected chi connectivity index (χ2v) is 4.58. The SMILES string of the molecule is COc1nc(Cl)nc(N2CCC(C(C)N)C2)n1. The van der Waals surface area contributed by atoms with Gasteiger partial charge in [-0.15, -0.1) is 0 Å². The second-order valence-electron chi connectivity index (χ2n) is 4.25. The van der Waals surface area contributed by atoms with Gasteiger partial charge in [-0.05, 0) is 30.9 Å². The smallest absolute Gasteiger partial charge is 0.322 e. The summed E-state index contributed by atoms with van der Waals surface area (Å²) in [6.07, 6.45) is 1.04. The van der Waals surface area contributed by atoms with E-state index in [9.17, 15) is 0 Å². The normalized spacial score (nSPS) is 21.6. The maximum Gasteiger partial charge on any atom is 0.322 e. The van der Waals surface area contributed by atoms with Crippen LogP contribution in [0.15, 0.2) is 0 Å². The minimum absolute atomic E-state index is 0.149. The van der Waals surface area contributed by atoms with E-state index in [2.05, 4.69) is 19.9 Å². The molecule has 0 bridgehead atoms. The predicted octanol–water partition coefficient (Wildman–Crippen LogP) is 0.707. The Morgan fingerprint density at radius 3 is 2.82 bits per heavy atom. The zero-order valence-corrected chi connectivity index (χ0v) is 10.7. The van der Waals surface area contributed by atoms with Gasteiger partial charge in [0.05, 0.1) is 7.11 Å². The van der Waals surface area contributed by atoms with Gasteiger partial charge in [0.25, 0.3) is 0 Å². The highest BCUT2D eigenvalue weighted by Gasteiger charge is 2.27. The molecule has 1 aliphatic heterocycles. The van der Waals surface area contributed by atoms with Crippen LogP contribution in [0, 0.1) is 5.92 Å². The fourth-order valence-corrected chi connectivity index (χ4v) is 2.10. The highest BCUT2D eigenvalue weighted by atomic mass is 35.5. The van der Waals surface area contributed by atoms with E-state index in [1.807, 2.05) is 6.92 Å². The van der Waals surface area contributed by atoms with Crippen LogP contribution in [0.5, 0.6) is 6.01 Å². The molecule has 0 aliphatic carbocycles. The number of hydrogen-bond acceptors (Lipinski definition) is 6. The van der Waals surface area contributed by atoms with Crippen molar-refractivity contribution in [1.82, 2.24) is 15.0 Å². The molecule has 0 radical (unpaired) electrons. The van der Waals surface area contributed by atoms with Crippen molar-refractivity contribution in [3.63, 3.8) is 0 Å². The lowest BCUT2D eigenvalue weighted by atomic mass is 10.0. The summed E-state index contributed by atoms with van der Waals surface area (Å²) >= 11 is 5.81. The van der Waals surface area contributed by atoms with Crippen molar-refractivity contribution in [2.24, 2.45) is 11.7 Å². The third-order valence-electron chi connectivity index (χ3n) is 3.01. The summed E-state index contributed by atoms with van der Waals surface area (Å²) in [7, 11) is 1.50. The first-order valence-corrected chi connectivity index (χ1v) is 5.94. The molecule has 0 spiro atoms. The van der Waals surface area contributed by atoms with Gasteiger partial charge < -0.3 is 15.4 Å². The summed E-state index contributed by atoms with van der Waals surface area (Å²) < 4.78 is 4.97. The average Bonchev–Trinajstić information content (AvgIpc) is 2.77. The molecule has 2 heterocycles. The predicted molar refractivity (Wildman–Crippen MR) is 65.4 cm³/mol. The van der Waals surface area contributed by atoms with E-state index in [-0.39, 0.29) is 17.3 Å². The molecule has 7 heteroatoms. The van der Waals surface area contributed by atoms with E-state index in [1.54, 1.807) is 0 Å². The summed E-state index contributed by atoms with van der Waals surface area (Å²) in [5.74, 6) is 1.03. The fourth-order valence-electron chi connectivity index (χ4n) is 1.95. The van der Waals surface area contributed by atoms with Crippen molar-refractivity contribution in [2.45, 2.75) is 19.4 Å². The zero-order chi connectivity index (χ0) is 12.4. The molecule has 2 N–H and O–H groups in total. The van der Waals surface area contributed by atoms with Gasteiger partial charge in [-0.3, -0.25) is 0 Å². The van der Waals surface area contributed by atoms with Crippen molar-refractivity contribution in [3.8, 4) is 6.01 Å². The number of aromatic nitrogens is 3. The van der Waals surface area contributed by atoms with Crippen LogP contribution < -0.4 is 15.4 Å².